The maximum absolute atomic E-state index is 13.1. The topological polar surface area (TPSA) is 55.2 Å². The van der Waals surface area contributed by atoms with Gasteiger partial charge < -0.3 is 4.90 Å². The fourth-order valence-corrected chi connectivity index (χ4v) is 2.66. The van der Waals surface area contributed by atoms with Crippen LogP contribution in [0, 0.1) is 0 Å². The molecule has 0 aliphatic heterocycles. The Balaban J connectivity index is 1.95. The van der Waals surface area contributed by atoms with Crippen molar-refractivity contribution in [1.29, 1.82) is 0 Å². The van der Waals surface area contributed by atoms with Crippen LogP contribution < -0.4 is 10.5 Å². The number of amides is 1. The molecule has 1 heterocycles. The van der Waals surface area contributed by atoms with E-state index >= 15 is 0 Å². The highest BCUT2D eigenvalue weighted by atomic mass is 16.2. The van der Waals surface area contributed by atoms with Crippen molar-refractivity contribution in [3.8, 4) is 0 Å². The maximum Gasteiger partial charge on any atom is 0.267 e. The summed E-state index contributed by atoms with van der Waals surface area (Å²) in [6.07, 6.45) is 1.51. The maximum atomic E-state index is 13.1. The van der Waals surface area contributed by atoms with Crippen LogP contribution in [0.4, 0.5) is 5.69 Å². The molecule has 0 spiro atoms. The molecule has 126 valence electrons. The van der Waals surface area contributed by atoms with Gasteiger partial charge in [-0.1, -0.05) is 48.5 Å². The minimum Gasteiger partial charge on any atom is -0.306 e. The zero-order valence-electron chi connectivity index (χ0n) is 13.9. The van der Waals surface area contributed by atoms with Gasteiger partial charge in [0.1, 0.15) is 6.04 Å². The SMILES string of the molecule is CC(C(=O)N(Cc1ccccc1)c1ccccc1)n1ncccc1=O. The fraction of sp³-hybridized carbons (Fsp3) is 0.150. The van der Waals surface area contributed by atoms with Crippen molar-refractivity contribution in [3.05, 3.63) is 94.9 Å². The van der Waals surface area contributed by atoms with Gasteiger partial charge in [-0.3, -0.25) is 9.59 Å². The Morgan fingerprint density at radius 2 is 1.64 bits per heavy atom. The average molecular weight is 333 g/mol. The Bertz CT molecular complexity index is 891. The van der Waals surface area contributed by atoms with Crippen molar-refractivity contribution >= 4 is 11.6 Å². The molecule has 0 saturated heterocycles. The van der Waals surface area contributed by atoms with E-state index in [4.69, 9.17) is 0 Å². The first-order valence-corrected chi connectivity index (χ1v) is 8.11. The standard InChI is InChI=1S/C20H19N3O2/c1-16(23-19(24)13-8-14-21-23)20(25)22(18-11-6-3-7-12-18)15-17-9-4-2-5-10-17/h2-14,16H,15H2,1H3. The van der Waals surface area contributed by atoms with E-state index in [0.29, 0.717) is 6.54 Å². The normalized spacial score (nSPS) is 11.7. The van der Waals surface area contributed by atoms with Crippen molar-refractivity contribution in [2.24, 2.45) is 0 Å². The van der Waals surface area contributed by atoms with Gasteiger partial charge in [-0.2, -0.15) is 5.10 Å². The summed E-state index contributed by atoms with van der Waals surface area (Å²) in [4.78, 5) is 26.8. The highest BCUT2D eigenvalue weighted by molar-refractivity contribution is 5.95. The summed E-state index contributed by atoms with van der Waals surface area (Å²) in [5, 5.41) is 4.04. The van der Waals surface area contributed by atoms with Gasteiger partial charge in [0.05, 0.1) is 6.54 Å². The zero-order chi connectivity index (χ0) is 17.6. The lowest BCUT2D eigenvalue weighted by molar-refractivity contribution is -0.121. The van der Waals surface area contributed by atoms with Gasteiger partial charge in [0.25, 0.3) is 11.5 Å². The van der Waals surface area contributed by atoms with E-state index < -0.39 is 6.04 Å². The number of hydrogen-bond acceptors (Lipinski definition) is 3. The van der Waals surface area contributed by atoms with Crippen LogP contribution in [0.15, 0.2) is 83.8 Å². The second-order valence-corrected chi connectivity index (χ2v) is 5.73. The first-order chi connectivity index (χ1) is 12.2. The van der Waals surface area contributed by atoms with Gasteiger partial charge in [0.2, 0.25) is 0 Å². The molecule has 3 rings (SSSR count). The summed E-state index contributed by atoms with van der Waals surface area (Å²) >= 11 is 0. The Kier molecular flexibility index (Phi) is 5.04. The van der Waals surface area contributed by atoms with E-state index in [1.165, 1.54) is 16.9 Å². The predicted octanol–water partition coefficient (Wildman–Crippen LogP) is 3.04. The summed E-state index contributed by atoms with van der Waals surface area (Å²) in [5.74, 6) is -0.184. The third-order valence-electron chi connectivity index (χ3n) is 3.98. The van der Waals surface area contributed by atoms with Crippen LogP contribution in [0.3, 0.4) is 0 Å². The summed E-state index contributed by atoms with van der Waals surface area (Å²) in [6, 6.07) is 21.5. The Morgan fingerprint density at radius 3 is 2.28 bits per heavy atom. The molecule has 1 atom stereocenters. The molecule has 5 heteroatoms. The zero-order valence-corrected chi connectivity index (χ0v) is 13.9. The van der Waals surface area contributed by atoms with Gasteiger partial charge in [-0.05, 0) is 30.7 Å². The molecule has 0 radical (unpaired) electrons. The van der Waals surface area contributed by atoms with Crippen molar-refractivity contribution in [2.45, 2.75) is 19.5 Å². The molecule has 0 fully saturated rings. The predicted molar refractivity (Wildman–Crippen MR) is 97.3 cm³/mol. The number of hydrogen-bond donors (Lipinski definition) is 0. The quantitative estimate of drug-likeness (QED) is 0.721. The number of anilines is 1. The van der Waals surface area contributed by atoms with Crippen LogP contribution in [0.25, 0.3) is 0 Å². The molecule has 3 aromatic rings. The largest absolute Gasteiger partial charge is 0.306 e. The molecular formula is C20H19N3O2. The molecule has 1 amide bonds. The van der Waals surface area contributed by atoms with Crippen LogP contribution in [-0.2, 0) is 11.3 Å². The van der Waals surface area contributed by atoms with Crippen molar-refractivity contribution in [3.63, 3.8) is 0 Å². The number of nitrogens with zero attached hydrogens (tertiary/aromatic N) is 3. The van der Waals surface area contributed by atoms with Gasteiger partial charge in [-0.25, -0.2) is 4.68 Å². The monoisotopic (exact) mass is 333 g/mol. The molecule has 1 aromatic heterocycles. The molecular weight excluding hydrogens is 314 g/mol. The van der Waals surface area contributed by atoms with Crippen molar-refractivity contribution < 1.29 is 4.79 Å². The molecule has 25 heavy (non-hydrogen) atoms. The Labute approximate surface area is 146 Å². The number of rotatable bonds is 5. The van der Waals surface area contributed by atoms with E-state index in [0.717, 1.165) is 11.3 Å². The Morgan fingerprint density at radius 1 is 1.00 bits per heavy atom. The molecule has 0 aliphatic rings. The van der Waals surface area contributed by atoms with E-state index in [9.17, 15) is 9.59 Å². The van der Waals surface area contributed by atoms with Crippen molar-refractivity contribution in [1.82, 2.24) is 9.78 Å². The first-order valence-electron chi connectivity index (χ1n) is 8.11. The van der Waals surface area contributed by atoms with E-state index in [1.807, 2.05) is 60.7 Å². The summed E-state index contributed by atoms with van der Waals surface area (Å²) in [6.45, 7) is 2.12. The highest BCUT2D eigenvalue weighted by Gasteiger charge is 2.24. The van der Waals surface area contributed by atoms with Crippen LogP contribution in [-0.4, -0.2) is 15.7 Å². The highest BCUT2D eigenvalue weighted by Crippen LogP contribution is 2.20. The lowest BCUT2D eigenvalue weighted by Crippen LogP contribution is -2.39. The van der Waals surface area contributed by atoms with Crippen LogP contribution >= 0.6 is 0 Å². The minimum atomic E-state index is -0.697. The second-order valence-electron chi connectivity index (χ2n) is 5.73. The van der Waals surface area contributed by atoms with Gasteiger partial charge in [-0.15, -0.1) is 0 Å². The van der Waals surface area contributed by atoms with Crippen LogP contribution in [0.1, 0.15) is 18.5 Å². The van der Waals surface area contributed by atoms with Crippen LogP contribution in [0.2, 0.25) is 0 Å². The number of benzene rings is 2. The number of carbonyl (C=O) groups excluding carboxylic acids is 1. The molecule has 2 aromatic carbocycles. The lowest BCUT2D eigenvalue weighted by Gasteiger charge is -2.26. The number of carbonyl (C=O) groups is 1. The molecule has 1 unspecified atom stereocenters. The van der Waals surface area contributed by atoms with Gasteiger partial charge in [0.15, 0.2) is 0 Å². The molecule has 0 N–H and O–H groups in total. The number of aromatic nitrogens is 2. The summed E-state index contributed by atoms with van der Waals surface area (Å²) < 4.78 is 1.21. The Hall–Kier alpha value is -3.21. The smallest absolute Gasteiger partial charge is 0.267 e. The molecule has 0 aliphatic carbocycles. The molecule has 0 saturated carbocycles. The van der Waals surface area contributed by atoms with E-state index in [-0.39, 0.29) is 11.5 Å². The minimum absolute atomic E-state index is 0.184. The number of para-hydroxylation sites is 1. The fourth-order valence-electron chi connectivity index (χ4n) is 2.66. The second kappa shape index (κ2) is 7.57. The lowest BCUT2D eigenvalue weighted by atomic mass is 10.1. The molecule has 5 nitrogen and oxygen atoms in total. The van der Waals surface area contributed by atoms with E-state index in [1.54, 1.807) is 17.9 Å². The van der Waals surface area contributed by atoms with E-state index in [2.05, 4.69) is 5.10 Å². The summed E-state index contributed by atoms with van der Waals surface area (Å²) in [7, 11) is 0. The average Bonchev–Trinajstić information content (AvgIpc) is 2.67. The third kappa shape index (κ3) is 3.83. The summed E-state index contributed by atoms with van der Waals surface area (Å²) in [5.41, 5.74) is 1.50. The van der Waals surface area contributed by atoms with Gasteiger partial charge in [0, 0.05) is 18.0 Å². The van der Waals surface area contributed by atoms with Crippen molar-refractivity contribution in [2.75, 3.05) is 4.90 Å². The van der Waals surface area contributed by atoms with Gasteiger partial charge >= 0.3 is 0 Å². The third-order valence-corrected chi connectivity index (χ3v) is 3.98. The van der Waals surface area contributed by atoms with Crippen LogP contribution in [0.5, 0.6) is 0 Å². The first kappa shape index (κ1) is 16.6. The molecule has 0 bridgehead atoms.